The molecule has 1 aromatic rings. The summed E-state index contributed by atoms with van der Waals surface area (Å²) in [6, 6.07) is 0.890. The largest absolute Gasteiger partial charge is 0.381 e. The Kier molecular flexibility index (Phi) is 5.40. The molecular formula is C15H27N3O. The number of nitrogens with one attached hydrogen (secondary N) is 1. The van der Waals surface area contributed by atoms with Crippen LogP contribution in [0, 0.1) is 0 Å². The van der Waals surface area contributed by atoms with Crippen LogP contribution in [0.25, 0.3) is 0 Å². The minimum absolute atomic E-state index is 0.385. The molecule has 4 nitrogen and oxygen atoms in total. The van der Waals surface area contributed by atoms with Gasteiger partial charge in [0.05, 0.1) is 18.3 Å². The molecule has 0 aromatic carbocycles. The second kappa shape index (κ2) is 7.06. The first-order valence-electron chi connectivity index (χ1n) is 7.54. The summed E-state index contributed by atoms with van der Waals surface area (Å²) in [7, 11) is 1.82. The molecule has 4 heteroatoms. The van der Waals surface area contributed by atoms with E-state index in [0.717, 1.165) is 19.4 Å². The van der Waals surface area contributed by atoms with Gasteiger partial charge in [0.2, 0.25) is 0 Å². The van der Waals surface area contributed by atoms with Crippen LogP contribution >= 0.6 is 0 Å². The smallest absolute Gasteiger partial charge is 0.0591 e. The molecule has 0 saturated heterocycles. The Hall–Kier alpha value is -0.870. The van der Waals surface area contributed by atoms with E-state index in [-0.39, 0.29) is 0 Å². The van der Waals surface area contributed by atoms with Crippen molar-refractivity contribution in [3.05, 3.63) is 18.0 Å². The van der Waals surface area contributed by atoms with Gasteiger partial charge in [0.1, 0.15) is 0 Å². The van der Waals surface area contributed by atoms with Crippen LogP contribution in [0.4, 0.5) is 0 Å². The summed E-state index contributed by atoms with van der Waals surface area (Å²) in [5.74, 6) is 0. The average molecular weight is 265 g/mol. The second-order valence-corrected chi connectivity index (χ2v) is 5.61. The van der Waals surface area contributed by atoms with Gasteiger partial charge in [-0.15, -0.1) is 0 Å². The van der Waals surface area contributed by atoms with Gasteiger partial charge in [-0.3, -0.25) is 4.68 Å². The van der Waals surface area contributed by atoms with Gasteiger partial charge >= 0.3 is 0 Å². The maximum absolute atomic E-state index is 5.50. The standard InChI is InChI=1S/C15H27N3O/c1-4-8-16-12(2)13-10-17-18(11-13)14-6-5-7-15(9-14)19-3/h10-12,14-16H,4-9H2,1-3H3. The Labute approximate surface area is 116 Å². The monoisotopic (exact) mass is 265 g/mol. The van der Waals surface area contributed by atoms with Crippen molar-refractivity contribution in [1.29, 1.82) is 0 Å². The van der Waals surface area contributed by atoms with Gasteiger partial charge in [0.25, 0.3) is 0 Å². The van der Waals surface area contributed by atoms with Crippen LogP contribution in [0.2, 0.25) is 0 Å². The first-order chi connectivity index (χ1) is 9.24. The van der Waals surface area contributed by atoms with Gasteiger partial charge in [-0.25, -0.2) is 0 Å². The molecule has 2 rings (SSSR count). The summed E-state index contributed by atoms with van der Waals surface area (Å²) in [5.41, 5.74) is 1.29. The molecule has 1 saturated carbocycles. The number of hydrogen-bond acceptors (Lipinski definition) is 3. The lowest BCUT2D eigenvalue weighted by molar-refractivity contribution is 0.0508. The maximum atomic E-state index is 5.50. The normalized spacial score (nSPS) is 25.4. The first kappa shape index (κ1) is 14.5. The van der Waals surface area contributed by atoms with Gasteiger partial charge in [-0.05, 0) is 45.6 Å². The molecule has 0 spiro atoms. The van der Waals surface area contributed by atoms with Crippen molar-refractivity contribution in [2.45, 2.75) is 64.1 Å². The highest BCUT2D eigenvalue weighted by atomic mass is 16.5. The van der Waals surface area contributed by atoms with Crippen molar-refractivity contribution in [1.82, 2.24) is 15.1 Å². The molecule has 108 valence electrons. The van der Waals surface area contributed by atoms with Crippen LogP contribution in [0.3, 0.4) is 0 Å². The molecule has 3 unspecified atom stereocenters. The second-order valence-electron chi connectivity index (χ2n) is 5.61. The fraction of sp³-hybridized carbons (Fsp3) is 0.800. The van der Waals surface area contributed by atoms with Crippen LogP contribution < -0.4 is 5.32 Å². The molecule has 0 bridgehead atoms. The highest BCUT2D eigenvalue weighted by molar-refractivity contribution is 5.09. The van der Waals surface area contributed by atoms with E-state index in [0.29, 0.717) is 18.2 Å². The molecule has 0 radical (unpaired) electrons. The number of nitrogens with zero attached hydrogens (tertiary/aromatic N) is 2. The van der Waals surface area contributed by atoms with Gasteiger partial charge < -0.3 is 10.1 Å². The van der Waals surface area contributed by atoms with Crippen LogP contribution in [0.1, 0.15) is 63.6 Å². The van der Waals surface area contributed by atoms with Crippen LogP contribution in [0.15, 0.2) is 12.4 Å². The number of methoxy groups -OCH3 is 1. The lowest BCUT2D eigenvalue weighted by atomic mass is 9.93. The Morgan fingerprint density at radius 2 is 2.37 bits per heavy atom. The summed E-state index contributed by atoms with van der Waals surface area (Å²) < 4.78 is 7.64. The van der Waals surface area contributed by atoms with E-state index in [2.05, 4.69) is 35.1 Å². The van der Waals surface area contributed by atoms with Gasteiger partial charge in [0.15, 0.2) is 0 Å². The predicted octanol–water partition coefficient (Wildman–Crippen LogP) is 3.07. The molecule has 1 N–H and O–H groups in total. The van der Waals surface area contributed by atoms with Crippen molar-refractivity contribution in [3.8, 4) is 0 Å². The summed E-state index contributed by atoms with van der Waals surface area (Å²) in [6.45, 7) is 5.45. The zero-order chi connectivity index (χ0) is 13.7. The van der Waals surface area contributed by atoms with E-state index >= 15 is 0 Å². The quantitative estimate of drug-likeness (QED) is 0.859. The molecule has 0 aliphatic heterocycles. The first-order valence-corrected chi connectivity index (χ1v) is 7.54. The highest BCUT2D eigenvalue weighted by Crippen LogP contribution is 2.30. The topological polar surface area (TPSA) is 39.1 Å². The highest BCUT2D eigenvalue weighted by Gasteiger charge is 2.23. The number of ether oxygens (including phenoxy) is 1. The Morgan fingerprint density at radius 3 is 3.11 bits per heavy atom. The van der Waals surface area contributed by atoms with Crippen LogP contribution in [-0.4, -0.2) is 29.5 Å². The van der Waals surface area contributed by atoms with Crippen molar-refractivity contribution < 1.29 is 4.74 Å². The van der Waals surface area contributed by atoms with E-state index in [1.54, 1.807) is 0 Å². The van der Waals surface area contributed by atoms with Crippen molar-refractivity contribution in [3.63, 3.8) is 0 Å². The van der Waals surface area contributed by atoms with E-state index in [1.807, 2.05) is 13.3 Å². The van der Waals surface area contributed by atoms with Gasteiger partial charge in [-0.2, -0.15) is 5.10 Å². The fourth-order valence-electron chi connectivity index (χ4n) is 2.83. The zero-order valence-electron chi connectivity index (χ0n) is 12.4. The maximum Gasteiger partial charge on any atom is 0.0591 e. The third-order valence-electron chi connectivity index (χ3n) is 4.13. The van der Waals surface area contributed by atoms with Crippen LogP contribution in [0.5, 0.6) is 0 Å². The molecular weight excluding hydrogens is 238 g/mol. The molecule has 1 aliphatic rings. The van der Waals surface area contributed by atoms with Crippen molar-refractivity contribution in [2.24, 2.45) is 0 Å². The minimum atomic E-state index is 0.385. The van der Waals surface area contributed by atoms with Crippen molar-refractivity contribution in [2.75, 3.05) is 13.7 Å². The Bertz CT molecular complexity index is 377. The summed E-state index contributed by atoms with van der Waals surface area (Å²) in [5, 5.41) is 8.07. The average Bonchev–Trinajstić information content (AvgIpc) is 2.94. The number of aromatic nitrogens is 2. The van der Waals surface area contributed by atoms with E-state index in [1.165, 1.54) is 24.8 Å². The van der Waals surface area contributed by atoms with Gasteiger partial charge in [0, 0.05) is 24.9 Å². The van der Waals surface area contributed by atoms with E-state index in [9.17, 15) is 0 Å². The molecule has 19 heavy (non-hydrogen) atoms. The third kappa shape index (κ3) is 3.80. The van der Waals surface area contributed by atoms with Gasteiger partial charge in [-0.1, -0.05) is 6.92 Å². The Balaban J connectivity index is 1.96. The molecule has 1 heterocycles. The SMILES string of the molecule is CCCNC(C)c1cnn(C2CCCC(OC)C2)c1. The molecule has 1 aliphatic carbocycles. The lowest BCUT2D eigenvalue weighted by Crippen LogP contribution is -2.24. The van der Waals surface area contributed by atoms with E-state index < -0.39 is 0 Å². The summed E-state index contributed by atoms with van der Waals surface area (Å²) in [6.07, 6.45) is 10.5. The summed E-state index contributed by atoms with van der Waals surface area (Å²) in [4.78, 5) is 0. The zero-order valence-corrected chi connectivity index (χ0v) is 12.4. The summed E-state index contributed by atoms with van der Waals surface area (Å²) >= 11 is 0. The molecule has 3 atom stereocenters. The molecule has 0 amide bonds. The minimum Gasteiger partial charge on any atom is -0.381 e. The molecule has 1 fully saturated rings. The lowest BCUT2D eigenvalue weighted by Gasteiger charge is -2.28. The predicted molar refractivity (Wildman–Crippen MR) is 77.2 cm³/mol. The third-order valence-corrected chi connectivity index (χ3v) is 4.13. The van der Waals surface area contributed by atoms with Crippen molar-refractivity contribution >= 4 is 0 Å². The number of rotatable bonds is 6. The molecule has 1 aromatic heterocycles. The Morgan fingerprint density at radius 1 is 1.53 bits per heavy atom. The van der Waals surface area contributed by atoms with E-state index in [4.69, 9.17) is 4.74 Å². The number of hydrogen-bond donors (Lipinski definition) is 1. The van der Waals surface area contributed by atoms with Crippen LogP contribution in [-0.2, 0) is 4.74 Å². The fourth-order valence-corrected chi connectivity index (χ4v) is 2.83.